The number of carbonyl (C=O) groups excluding carboxylic acids is 1. The number of carbonyl (C=O) groups is 1. The van der Waals surface area contributed by atoms with Crippen LogP contribution in [0.25, 0.3) is 0 Å². The van der Waals surface area contributed by atoms with Gasteiger partial charge in [-0.2, -0.15) is 4.31 Å². The van der Waals surface area contributed by atoms with Crippen molar-refractivity contribution in [2.24, 2.45) is 0 Å². The number of benzene rings is 2. The molecule has 1 aliphatic heterocycles. The average Bonchev–Trinajstić information content (AvgIpc) is 2.61. The summed E-state index contributed by atoms with van der Waals surface area (Å²) in [5, 5.41) is 5.44. The molecule has 1 aliphatic rings. The lowest BCUT2D eigenvalue weighted by molar-refractivity contribution is 0.252. The van der Waals surface area contributed by atoms with E-state index >= 15 is 0 Å². The fourth-order valence-corrected chi connectivity index (χ4v) is 4.43. The maximum absolute atomic E-state index is 12.9. The van der Waals surface area contributed by atoms with E-state index in [-0.39, 0.29) is 6.03 Å². The molecule has 0 fully saturated rings. The van der Waals surface area contributed by atoms with Gasteiger partial charge in [0.05, 0.1) is 4.90 Å². The summed E-state index contributed by atoms with van der Waals surface area (Å²) in [6.45, 7) is 5.07. The Morgan fingerprint density at radius 3 is 2.54 bits per heavy atom. The van der Waals surface area contributed by atoms with Gasteiger partial charge in [0.2, 0.25) is 10.0 Å². The van der Waals surface area contributed by atoms with Crippen molar-refractivity contribution in [3.8, 4) is 0 Å². The van der Waals surface area contributed by atoms with Gasteiger partial charge in [0.1, 0.15) is 0 Å². The van der Waals surface area contributed by atoms with E-state index in [4.69, 9.17) is 0 Å². The van der Waals surface area contributed by atoms with Crippen LogP contribution in [-0.2, 0) is 23.0 Å². The normalized spacial score (nSPS) is 14.5. The number of amides is 2. The third kappa shape index (κ3) is 3.89. The van der Waals surface area contributed by atoms with Crippen LogP contribution < -0.4 is 10.6 Å². The Labute approximate surface area is 154 Å². The Kier molecular flexibility index (Phi) is 5.29. The summed E-state index contributed by atoms with van der Waals surface area (Å²) >= 11 is 0. The zero-order valence-electron chi connectivity index (χ0n) is 15.0. The SMILES string of the molecule is CCNC(=O)Nc1ccc2c(c1)CN(S(=O)(=O)c1ccc(C)cc1)CC2. The molecule has 0 saturated heterocycles. The molecule has 0 aliphatic carbocycles. The predicted octanol–water partition coefficient (Wildman–Crippen LogP) is 2.88. The van der Waals surface area contributed by atoms with Gasteiger partial charge in [-0.05, 0) is 55.7 Å². The van der Waals surface area contributed by atoms with Crippen LogP contribution in [0.3, 0.4) is 0 Å². The molecule has 2 N–H and O–H groups in total. The summed E-state index contributed by atoms with van der Waals surface area (Å²) in [6.07, 6.45) is 0.655. The van der Waals surface area contributed by atoms with Crippen molar-refractivity contribution >= 4 is 21.7 Å². The van der Waals surface area contributed by atoms with E-state index in [0.717, 1.165) is 16.7 Å². The van der Waals surface area contributed by atoms with Crippen LogP contribution in [0, 0.1) is 6.92 Å². The Morgan fingerprint density at radius 2 is 1.85 bits per heavy atom. The van der Waals surface area contributed by atoms with Crippen molar-refractivity contribution < 1.29 is 13.2 Å². The second-order valence-corrected chi connectivity index (χ2v) is 8.31. The number of sulfonamides is 1. The molecule has 0 atom stereocenters. The van der Waals surface area contributed by atoms with Gasteiger partial charge < -0.3 is 10.6 Å². The van der Waals surface area contributed by atoms with E-state index in [2.05, 4.69) is 10.6 Å². The maximum Gasteiger partial charge on any atom is 0.319 e. The zero-order chi connectivity index (χ0) is 18.7. The highest BCUT2D eigenvalue weighted by Crippen LogP contribution is 2.27. The van der Waals surface area contributed by atoms with Crippen molar-refractivity contribution in [1.82, 2.24) is 9.62 Å². The second kappa shape index (κ2) is 7.47. The first-order valence-electron chi connectivity index (χ1n) is 8.63. The molecule has 138 valence electrons. The monoisotopic (exact) mass is 373 g/mol. The topological polar surface area (TPSA) is 78.5 Å². The first-order valence-corrected chi connectivity index (χ1v) is 10.1. The third-order valence-electron chi connectivity index (χ3n) is 4.44. The van der Waals surface area contributed by atoms with Gasteiger partial charge in [-0.1, -0.05) is 23.8 Å². The van der Waals surface area contributed by atoms with Crippen LogP contribution in [0.1, 0.15) is 23.6 Å². The number of nitrogens with zero attached hydrogens (tertiary/aromatic N) is 1. The van der Waals surface area contributed by atoms with E-state index < -0.39 is 10.0 Å². The minimum Gasteiger partial charge on any atom is -0.338 e. The molecule has 0 bridgehead atoms. The number of urea groups is 1. The highest BCUT2D eigenvalue weighted by Gasteiger charge is 2.28. The number of rotatable bonds is 4. The maximum atomic E-state index is 12.9. The van der Waals surface area contributed by atoms with E-state index in [1.54, 1.807) is 24.3 Å². The fourth-order valence-electron chi connectivity index (χ4n) is 3.01. The minimum atomic E-state index is -3.53. The highest BCUT2D eigenvalue weighted by molar-refractivity contribution is 7.89. The Balaban J connectivity index is 1.81. The largest absolute Gasteiger partial charge is 0.338 e. The molecule has 2 aromatic rings. The molecule has 0 unspecified atom stereocenters. The van der Waals surface area contributed by atoms with Crippen LogP contribution >= 0.6 is 0 Å². The van der Waals surface area contributed by atoms with Crippen molar-refractivity contribution in [2.45, 2.75) is 31.7 Å². The van der Waals surface area contributed by atoms with Gasteiger partial charge in [-0.3, -0.25) is 0 Å². The van der Waals surface area contributed by atoms with Crippen molar-refractivity contribution in [1.29, 1.82) is 0 Å². The fraction of sp³-hybridized carbons (Fsp3) is 0.316. The van der Waals surface area contributed by atoms with E-state index in [1.807, 2.05) is 32.0 Å². The van der Waals surface area contributed by atoms with Gasteiger partial charge in [0.15, 0.2) is 0 Å². The van der Waals surface area contributed by atoms with Crippen molar-refractivity contribution in [2.75, 3.05) is 18.4 Å². The number of fused-ring (bicyclic) bond motifs is 1. The van der Waals surface area contributed by atoms with Crippen LogP contribution in [0.5, 0.6) is 0 Å². The zero-order valence-corrected chi connectivity index (χ0v) is 15.8. The predicted molar refractivity (Wildman–Crippen MR) is 102 cm³/mol. The molecule has 6 nitrogen and oxygen atoms in total. The number of aryl methyl sites for hydroxylation is 1. The molecule has 1 heterocycles. The Morgan fingerprint density at radius 1 is 1.12 bits per heavy atom. The standard InChI is InChI=1S/C19H23N3O3S/c1-3-20-19(23)21-17-7-6-15-10-11-22(13-16(15)12-17)26(24,25)18-8-4-14(2)5-9-18/h4-9,12H,3,10-11,13H2,1-2H3,(H2,20,21,23). The summed E-state index contributed by atoms with van der Waals surface area (Å²) < 4.78 is 27.3. The highest BCUT2D eigenvalue weighted by atomic mass is 32.2. The molecule has 0 saturated carbocycles. The summed E-state index contributed by atoms with van der Waals surface area (Å²) in [6, 6.07) is 12.3. The average molecular weight is 373 g/mol. The minimum absolute atomic E-state index is 0.271. The van der Waals surface area contributed by atoms with Crippen LogP contribution in [0.2, 0.25) is 0 Å². The summed E-state index contributed by atoms with van der Waals surface area (Å²) in [5.74, 6) is 0. The van der Waals surface area contributed by atoms with E-state index in [0.29, 0.717) is 36.6 Å². The van der Waals surface area contributed by atoms with E-state index in [9.17, 15) is 13.2 Å². The van der Waals surface area contributed by atoms with Crippen molar-refractivity contribution in [3.05, 3.63) is 59.2 Å². The van der Waals surface area contributed by atoms with Gasteiger partial charge in [-0.15, -0.1) is 0 Å². The number of anilines is 1. The van der Waals surface area contributed by atoms with Gasteiger partial charge in [-0.25, -0.2) is 13.2 Å². The molecule has 0 radical (unpaired) electrons. The van der Waals surface area contributed by atoms with Gasteiger partial charge in [0, 0.05) is 25.3 Å². The Bertz CT molecular complexity index is 908. The van der Waals surface area contributed by atoms with Crippen LogP contribution in [0.4, 0.5) is 10.5 Å². The lowest BCUT2D eigenvalue weighted by Gasteiger charge is -2.28. The quantitative estimate of drug-likeness (QED) is 0.865. The van der Waals surface area contributed by atoms with Gasteiger partial charge in [0.25, 0.3) is 0 Å². The second-order valence-electron chi connectivity index (χ2n) is 6.37. The summed E-state index contributed by atoms with van der Waals surface area (Å²) in [5.41, 5.74) is 3.71. The molecule has 0 spiro atoms. The number of hydrogen-bond donors (Lipinski definition) is 2. The van der Waals surface area contributed by atoms with E-state index in [1.165, 1.54) is 4.31 Å². The summed E-state index contributed by atoms with van der Waals surface area (Å²) in [7, 11) is -3.53. The smallest absolute Gasteiger partial charge is 0.319 e. The van der Waals surface area contributed by atoms with Gasteiger partial charge >= 0.3 is 6.03 Å². The number of hydrogen-bond acceptors (Lipinski definition) is 3. The lowest BCUT2D eigenvalue weighted by atomic mass is 10.0. The van der Waals surface area contributed by atoms with Crippen molar-refractivity contribution in [3.63, 3.8) is 0 Å². The van der Waals surface area contributed by atoms with Crippen LogP contribution in [0.15, 0.2) is 47.4 Å². The molecule has 0 aromatic heterocycles. The molecule has 7 heteroatoms. The molecule has 2 amide bonds. The Hall–Kier alpha value is -2.38. The first kappa shape index (κ1) is 18.4. The molecule has 2 aromatic carbocycles. The third-order valence-corrected chi connectivity index (χ3v) is 6.30. The summed E-state index contributed by atoms with van der Waals surface area (Å²) in [4.78, 5) is 12.0. The lowest BCUT2D eigenvalue weighted by Crippen LogP contribution is -2.36. The number of nitrogens with one attached hydrogen (secondary N) is 2. The first-order chi connectivity index (χ1) is 12.4. The molecular weight excluding hydrogens is 350 g/mol. The van der Waals surface area contributed by atoms with Crippen LogP contribution in [-0.4, -0.2) is 31.8 Å². The molecular formula is C19H23N3O3S. The molecule has 26 heavy (non-hydrogen) atoms. The molecule has 3 rings (SSSR count).